The number of rotatable bonds is 5. The van der Waals surface area contributed by atoms with Gasteiger partial charge in [-0.3, -0.25) is 0 Å². The third kappa shape index (κ3) is 2.64. The van der Waals surface area contributed by atoms with Crippen LogP contribution >= 0.6 is 0 Å². The van der Waals surface area contributed by atoms with Gasteiger partial charge in [-0.1, -0.05) is 19.1 Å². The highest BCUT2D eigenvalue weighted by Gasteiger charge is 2.09. The fourth-order valence-electron chi connectivity index (χ4n) is 1.10. The summed E-state index contributed by atoms with van der Waals surface area (Å²) in [6.45, 7) is 1.99. The molecule has 1 rings (SSSR count). The summed E-state index contributed by atoms with van der Waals surface area (Å²) in [5.74, 6) is 1.26. The van der Waals surface area contributed by atoms with Crippen molar-refractivity contribution >= 4 is 0 Å². The smallest absolute Gasteiger partial charge is 0.199 e. The van der Waals surface area contributed by atoms with E-state index in [9.17, 15) is 0 Å². The van der Waals surface area contributed by atoms with Gasteiger partial charge in [0.15, 0.2) is 17.8 Å². The van der Waals surface area contributed by atoms with Crippen molar-refractivity contribution < 1.29 is 14.2 Å². The van der Waals surface area contributed by atoms with E-state index in [1.165, 1.54) is 0 Å². The number of ether oxygens (including phenoxy) is 3. The number of benzene rings is 1. The number of hydrogen-bond donors (Lipinski definition) is 0. The van der Waals surface area contributed by atoms with Crippen molar-refractivity contribution in [3.63, 3.8) is 0 Å². The van der Waals surface area contributed by atoms with E-state index in [0.29, 0.717) is 11.5 Å². The first-order valence-electron chi connectivity index (χ1n) is 4.56. The Kier molecular flexibility index (Phi) is 4.26. The van der Waals surface area contributed by atoms with Crippen molar-refractivity contribution in [3.8, 4) is 11.5 Å². The molecule has 0 aliphatic carbocycles. The average molecular weight is 195 g/mol. The van der Waals surface area contributed by atoms with Gasteiger partial charge >= 0.3 is 0 Å². The second kappa shape index (κ2) is 5.50. The van der Waals surface area contributed by atoms with Crippen LogP contribution in [0.25, 0.3) is 0 Å². The second-order valence-electron chi connectivity index (χ2n) is 2.76. The molecule has 77 valence electrons. The van der Waals surface area contributed by atoms with Gasteiger partial charge in [0.2, 0.25) is 0 Å². The second-order valence-corrected chi connectivity index (χ2v) is 2.76. The van der Waals surface area contributed by atoms with Crippen molar-refractivity contribution in [2.45, 2.75) is 19.6 Å². The summed E-state index contributed by atoms with van der Waals surface area (Å²) in [5, 5.41) is 0. The van der Waals surface area contributed by atoms with Crippen LogP contribution in [0.5, 0.6) is 11.5 Å². The van der Waals surface area contributed by atoms with Gasteiger partial charge in [-0.25, -0.2) is 0 Å². The minimum absolute atomic E-state index is 0.236. The molecule has 1 radical (unpaired) electrons. The van der Waals surface area contributed by atoms with E-state index < -0.39 is 0 Å². The van der Waals surface area contributed by atoms with Gasteiger partial charge in [0.05, 0.1) is 7.11 Å². The van der Waals surface area contributed by atoms with Crippen LogP contribution in [-0.4, -0.2) is 20.5 Å². The summed E-state index contributed by atoms with van der Waals surface area (Å²) in [7, 11) is 3.21. The monoisotopic (exact) mass is 195 g/mol. The fourth-order valence-corrected chi connectivity index (χ4v) is 1.10. The first kappa shape index (κ1) is 10.9. The molecule has 1 unspecified atom stereocenters. The highest BCUT2D eigenvalue weighted by molar-refractivity contribution is 5.38. The molecule has 0 aromatic heterocycles. The Hall–Kier alpha value is -1.22. The number of hydrogen-bond acceptors (Lipinski definition) is 3. The summed E-state index contributed by atoms with van der Waals surface area (Å²) in [6, 6.07) is 8.39. The molecule has 3 nitrogen and oxygen atoms in total. The van der Waals surface area contributed by atoms with Crippen LogP contribution in [-0.2, 0) is 4.74 Å². The molecule has 1 atom stereocenters. The first-order valence-corrected chi connectivity index (χ1v) is 4.56. The normalized spacial score (nSPS) is 12.2. The topological polar surface area (TPSA) is 27.7 Å². The van der Waals surface area contributed by atoms with Gasteiger partial charge in [-0.15, -0.1) is 0 Å². The maximum Gasteiger partial charge on any atom is 0.199 e. The number of methoxy groups -OCH3 is 2. The van der Waals surface area contributed by atoms with E-state index in [0.717, 1.165) is 6.42 Å². The summed E-state index contributed by atoms with van der Waals surface area (Å²) >= 11 is 0. The predicted molar refractivity (Wildman–Crippen MR) is 53.5 cm³/mol. The average Bonchev–Trinajstić information content (AvgIpc) is 2.26. The summed E-state index contributed by atoms with van der Waals surface area (Å²) in [4.78, 5) is 0. The van der Waals surface area contributed by atoms with E-state index in [1.54, 1.807) is 20.3 Å². The molecule has 0 fully saturated rings. The lowest BCUT2D eigenvalue weighted by atomic mass is 10.3. The van der Waals surface area contributed by atoms with Crippen molar-refractivity contribution in [1.82, 2.24) is 0 Å². The van der Waals surface area contributed by atoms with Crippen LogP contribution in [0.3, 0.4) is 0 Å². The van der Waals surface area contributed by atoms with Gasteiger partial charge in [-0.05, 0) is 6.07 Å². The lowest BCUT2D eigenvalue weighted by Gasteiger charge is -2.17. The predicted octanol–water partition coefficient (Wildman–Crippen LogP) is 2.26. The van der Waals surface area contributed by atoms with E-state index in [4.69, 9.17) is 14.2 Å². The molecule has 0 aliphatic rings. The molecule has 0 aliphatic heterocycles. The Morgan fingerprint density at radius 2 is 2.21 bits per heavy atom. The van der Waals surface area contributed by atoms with Crippen LogP contribution < -0.4 is 9.47 Å². The molecular weight excluding hydrogens is 180 g/mol. The van der Waals surface area contributed by atoms with Gasteiger partial charge in [-0.2, -0.15) is 0 Å². The molecule has 0 spiro atoms. The lowest BCUT2D eigenvalue weighted by molar-refractivity contribution is -0.0559. The fraction of sp³-hybridized carbons (Fsp3) is 0.455. The summed E-state index contributed by atoms with van der Waals surface area (Å²) < 4.78 is 15.8. The Labute approximate surface area is 84.6 Å². The first-order chi connectivity index (χ1) is 6.81. The van der Waals surface area contributed by atoms with E-state index in [-0.39, 0.29) is 6.29 Å². The Bertz CT molecular complexity index is 269. The van der Waals surface area contributed by atoms with E-state index in [2.05, 4.69) is 6.07 Å². The molecule has 3 heteroatoms. The van der Waals surface area contributed by atoms with E-state index in [1.807, 2.05) is 19.1 Å². The van der Waals surface area contributed by atoms with Crippen molar-refractivity contribution in [1.29, 1.82) is 0 Å². The Balaban J connectivity index is 2.74. The standard InChI is InChI=1S/C11H15O3/c1-4-11(13-3)14-10-8-6-5-7-9(10)12-2/h5-6,8,11H,4H2,1-3H3. The molecule has 0 saturated heterocycles. The molecule has 0 amide bonds. The molecule has 0 heterocycles. The third-order valence-corrected chi connectivity index (χ3v) is 1.84. The quantitative estimate of drug-likeness (QED) is 0.674. The van der Waals surface area contributed by atoms with Gasteiger partial charge < -0.3 is 14.2 Å². The van der Waals surface area contributed by atoms with Crippen molar-refractivity contribution in [3.05, 3.63) is 24.3 Å². The Morgan fingerprint density at radius 3 is 2.79 bits per heavy atom. The zero-order valence-corrected chi connectivity index (χ0v) is 8.74. The summed E-state index contributed by atoms with van der Waals surface area (Å²) in [6.07, 6.45) is 0.550. The van der Waals surface area contributed by atoms with Crippen molar-refractivity contribution in [2.75, 3.05) is 14.2 Å². The van der Waals surface area contributed by atoms with Crippen LogP contribution in [0.1, 0.15) is 13.3 Å². The van der Waals surface area contributed by atoms with Crippen molar-refractivity contribution in [2.24, 2.45) is 0 Å². The van der Waals surface area contributed by atoms with Gasteiger partial charge in [0.1, 0.15) is 0 Å². The van der Waals surface area contributed by atoms with Crippen LogP contribution in [0, 0.1) is 6.07 Å². The van der Waals surface area contributed by atoms with Crippen LogP contribution in [0.15, 0.2) is 18.2 Å². The highest BCUT2D eigenvalue weighted by Crippen LogP contribution is 2.26. The van der Waals surface area contributed by atoms with E-state index >= 15 is 0 Å². The van der Waals surface area contributed by atoms with Crippen LogP contribution in [0.2, 0.25) is 0 Å². The molecule has 1 aromatic rings. The third-order valence-electron chi connectivity index (χ3n) is 1.84. The minimum atomic E-state index is -0.236. The molecule has 0 bridgehead atoms. The Morgan fingerprint density at radius 1 is 1.43 bits per heavy atom. The highest BCUT2D eigenvalue weighted by atomic mass is 16.7. The zero-order chi connectivity index (χ0) is 10.4. The molecule has 0 saturated carbocycles. The van der Waals surface area contributed by atoms with Gasteiger partial charge in [0, 0.05) is 19.6 Å². The molecule has 14 heavy (non-hydrogen) atoms. The van der Waals surface area contributed by atoms with Gasteiger partial charge in [0.25, 0.3) is 0 Å². The SMILES string of the molecule is CCC(OC)Oc1ccc[c]c1OC. The van der Waals surface area contributed by atoms with Crippen LogP contribution in [0.4, 0.5) is 0 Å². The largest absolute Gasteiger partial charge is 0.492 e. The molecule has 1 aromatic carbocycles. The zero-order valence-electron chi connectivity index (χ0n) is 8.74. The maximum absolute atomic E-state index is 5.56. The lowest BCUT2D eigenvalue weighted by Crippen LogP contribution is -2.17. The maximum atomic E-state index is 5.56. The number of para-hydroxylation sites is 1. The molecular formula is C11H15O3. The molecule has 0 N–H and O–H groups in total. The minimum Gasteiger partial charge on any atom is -0.492 e. The summed E-state index contributed by atoms with van der Waals surface area (Å²) in [5.41, 5.74) is 0.